The second-order valence-electron chi connectivity index (χ2n) is 9.10. The van der Waals surface area contributed by atoms with Crippen molar-refractivity contribution in [1.82, 2.24) is 0 Å². The summed E-state index contributed by atoms with van der Waals surface area (Å²) in [7, 11) is 0. The summed E-state index contributed by atoms with van der Waals surface area (Å²) in [5, 5.41) is 2.42. The zero-order valence-corrected chi connectivity index (χ0v) is 19.3. The molecule has 4 rings (SSSR count). The van der Waals surface area contributed by atoms with Crippen LogP contribution < -0.4 is 0 Å². The molecular weight excluding hydrogens is 461 g/mol. The Labute approximate surface area is 189 Å². The number of benzene rings is 3. The third kappa shape index (κ3) is 4.36. The van der Waals surface area contributed by atoms with Crippen molar-refractivity contribution in [3.8, 4) is 0 Å². The standard InChI is InChI=1S/C27H24BrF3/c1-26(2,3)24-15-18(14-17-8-4-5-10-21(17)24)20-9-6-7-11-22(20)23-13-12-19(16-25(23)28)27(29,30)31/h4-16,20,22H,1-3H3. The molecule has 160 valence electrons. The Balaban J connectivity index is 1.83. The van der Waals surface area contributed by atoms with E-state index in [0.717, 1.165) is 5.56 Å². The molecule has 1 aliphatic rings. The van der Waals surface area contributed by atoms with E-state index in [1.807, 2.05) is 18.2 Å². The Morgan fingerprint density at radius 2 is 1.48 bits per heavy atom. The van der Waals surface area contributed by atoms with Crippen molar-refractivity contribution in [1.29, 1.82) is 0 Å². The van der Waals surface area contributed by atoms with Crippen LogP contribution in [0.5, 0.6) is 0 Å². The van der Waals surface area contributed by atoms with Gasteiger partial charge in [-0.05, 0) is 45.0 Å². The van der Waals surface area contributed by atoms with Gasteiger partial charge < -0.3 is 0 Å². The molecule has 0 spiro atoms. The fraction of sp³-hybridized carbons (Fsp3) is 0.259. The lowest BCUT2D eigenvalue weighted by Crippen LogP contribution is -2.15. The molecule has 2 atom stereocenters. The van der Waals surface area contributed by atoms with Gasteiger partial charge in [-0.25, -0.2) is 0 Å². The van der Waals surface area contributed by atoms with Crippen LogP contribution in [0.1, 0.15) is 54.9 Å². The van der Waals surface area contributed by atoms with Crippen molar-refractivity contribution in [3.05, 3.63) is 106 Å². The minimum atomic E-state index is -4.36. The van der Waals surface area contributed by atoms with Crippen molar-refractivity contribution < 1.29 is 13.2 Å². The smallest absolute Gasteiger partial charge is 0.166 e. The first-order chi connectivity index (χ1) is 14.6. The predicted molar refractivity (Wildman–Crippen MR) is 126 cm³/mol. The molecule has 0 radical (unpaired) electrons. The first kappa shape index (κ1) is 21.9. The molecule has 31 heavy (non-hydrogen) atoms. The van der Waals surface area contributed by atoms with E-state index in [0.29, 0.717) is 4.47 Å². The summed E-state index contributed by atoms with van der Waals surface area (Å²) in [5.74, 6) is -0.0283. The molecule has 1 aliphatic carbocycles. The van der Waals surface area contributed by atoms with E-state index < -0.39 is 11.7 Å². The molecule has 2 unspecified atom stereocenters. The van der Waals surface area contributed by atoms with Gasteiger partial charge in [-0.3, -0.25) is 0 Å². The van der Waals surface area contributed by atoms with Gasteiger partial charge in [0.15, 0.2) is 0 Å². The van der Waals surface area contributed by atoms with Crippen LogP contribution in [0.4, 0.5) is 13.2 Å². The van der Waals surface area contributed by atoms with Gasteiger partial charge >= 0.3 is 6.18 Å². The molecule has 4 heteroatoms. The topological polar surface area (TPSA) is 0 Å². The molecule has 3 aromatic rings. The highest BCUT2D eigenvalue weighted by Crippen LogP contribution is 2.44. The molecule has 0 amide bonds. The van der Waals surface area contributed by atoms with E-state index in [4.69, 9.17) is 0 Å². The lowest BCUT2D eigenvalue weighted by molar-refractivity contribution is -0.137. The minimum Gasteiger partial charge on any atom is -0.166 e. The van der Waals surface area contributed by atoms with Crippen molar-refractivity contribution >= 4 is 26.7 Å². The molecule has 0 nitrogen and oxygen atoms in total. The molecule has 0 fully saturated rings. The average Bonchev–Trinajstić information content (AvgIpc) is 2.71. The fourth-order valence-corrected chi connectivity index (χ4v) is 4.99. The lowest BCUT2D eigenvalue weighted by atomic mass is 9.75. The lowest BCUT2D eigenvalue weighted by Gasteiger charge is -2.29. The van der Waals surface area contributed by atoms with E-state index in [9.17, 15) is 13.2 Å². The molecule has 0 N–H and O–H groups in total. The zero-order valence-electron chi connectivity index (χ0n) is 17.7. The number of allylic oxidation sites excluding steroid dienone is 4. The van der Waals surface area contributed by atoms with Gasteiger partial charge in [-0.15, -0.1) is 0 Å². The summed E-state index contributed by atoms with van der Waals surface area (Å²) in [6.07, 6.45) is 3.85. The highest BCUT2D eigenvalue weighted by atomic mass is 79.9. The van der Waals surface area contributed by atoms with Crippen LogP contribution in [0.25, 0.3) is 10.8 Å². The van der Waals surface area contributed by atoms with Crippen molar-refractivity contribution in [2.24, 2.45) is 0 Å². The maximum absolute atomic E-state index is 13.1. The maximum atomic E-state index is 13.1. The zero-order chi connectivity index (χ0) is 22.4. The van der Waals surface area contributed by atoms with E-state index in [-0.39, 0.29) is 17.3 Å². The van der Waals surface area contributed by atoms with Crippen LogP contribution >= 0.6 is 15.9 Å². The highest BCUT2D eigenvalue weighted by molar-refractivity contribution is 9.10. The maximum Gasteiger partial charge on any atom is 0.416 e. The highest BCUT2D eigenvalue weighted by Gasteiger charge is 2.32. The molecule has 0 aliphatic heterocycles. The summed E-state index contributed by atoms with van der Waals surface area (Å²) in [4.78, 5) is 0. The number of rotatable bonds is 2. The predicted octanol–water partition coefficient (Wildman–Crippen LogP) is 8.91. The van der Waals surface area contributed by atoms with Crippen LogP contribution in [-0.4, -0.2) is 0 Å². The number of fused-ring (bicyclic) bond motifs is 1. The van der Waals surface area contributed by atoms with Gasteiger partial charge in [0.1, 0.15) is 0 Å². The van der Waals surface area contributed by atoms with Gasteiger partial charge in [0.2, 0.25) is 0 Å². The van der Waals surface area contributed by atoms with E-state index in [1.165, 1.54) is 34.0 Å². The van der Waals surface area contributed by atoms with E-state index in [2.05, 4.69) is 79.2 Å². The summed E-state index contributed by atoms with van der Waals surface area (Å²) in [5.41, 5.74) is 2.61. The molecule has 0 saturated heterocycles. The Morgan fingerprint density at radius 3 is 2.13 bits per heavy atom. The van der Waals surface area contributed by atoms with Crippen molar-refractivity contribution in [2.45, 2.75) is 44.2 Å². The summed E-state index contributed by atoms with van der Waals surface area (Å²) in [6.45, 7) is 6.62. The van der Waals surface area contributed by atoms with Gasteiger partial charge in [0, 0.05) is 16.3 Å². The Bertz CT molecular complexity index is 1180. The van der Waals surface area contributed by atoms with Gasteiger partial charge in [-0.2, -0.15) is 13.2 Å². The molecule has 3 aromatic carbocycles. The van der Waals surface area contributed by atoms with E-state index in [1.54, 1.807) is 6.07 Å². The second kappa shape index (κ2) is 7.98. The first-order valence-corrected chi connectivity index (χ1v) is 11.1. The third-order valence-electron chi connectivity index (χ3n) is 5.90. The Morgan fingerprint density at radius 1 is 0.806 bits per heavy atom. The molecule has 0 heterocycles. The SMILES string of the molecule is CC(C)(C)c1cc(C2C=CC=CC2c2ccc(C(F)(F)F)cc2Br)cc2ccccc12. The molecular formula is C27H24BrF3. The van der Waals surface area contributed by atoms with Crippen LogP contribution in [0.3, 0.4) is 0 Å². The van der Waals surface area contributed by atoms with E-state index >= 15 is 0 Å². The molecule has 0 saturated carbocycles. The second-order valence-corrected chi connectivity index (χ2v) is 9.95. The normalized spacial score (nSPS) is 19.2. The number of alkyl halides is 3. The van der Waals surface area contributed by atoms with Crippen LogP contribution in [0.2, 0.25) is 0 Å². The molecule has 0 aromatic heterocycles. The average molecular weight is 485 g/mol. The minimum absolute atomic E-state index is 0.0312. The van der Waals surface area contributed by atoms with Gasteiger partial charge in [-0.1, -0.05) is 103 Å². The first-order valence-electron chi connectivity index (χ1n) is 10.3. The Hall–Kier alpha value is -2.33. The van der Waals surface area contributed by atoms with Crippen molar-refractivity contribution in [2.75, 3.05) is 0 Å². The number of halogens is 4. The van der Waals surface area contributed by atoms with Crippen LogP contribution in [-0.2, 0) is 11.6 Å². The van der Waals surface area contributed by atoms with Gasteiger partial charge in [0.05, 0.1) is 5.56 Å². The molecule has 0 bridgehead atoms. The largest absolute Gasteiger partial charge is 0.416 e. The summed E-state index contributed by atoms with van der Waals surface area (Å²) >= 11 is 3.40. The quantitative estimate of drug-likeness (QED) is 0.340. The number of hydrogen-bond donors (Lipinski definition) is 0. The Kier molecular flexibility index (Phi) is 5.63. The van der Waals surface area contributed by atoms with Crippen LogP contribution in [0, 0.1) is 0 Å². The van der Waals surface area contributed by atoms with Crippen LogP contribution in [0.15, 0.2) is 83.4 Å². The van der Waals surface area contributed by atoms with Crippen molar-refractivity contribution in [3.63, 3.8) is 0 Å². The summed E-state index contributed by atoms with van der Waals surface area (Å²) in [6, 6.07) is 16.8. The third-order valence-corrected chi connectivity index (χ3v) is 6.59. The monoisotopic (exact) mass is 484 g/mol. The van der Waals surface area contributed by atoms with Gasteiger partial charge in [0.25, 0.3) is 0 Å². The fourth-order valence-electron chi connectivity index (χ4n) is 4.34. The summed E-state index contributed by atoms with van der Waals surface area (Å²) < 4.78 is 39.9. The number of hydrogen-bond acceptors (Lipinski definition) is 0.